The summed E-state index contributed by atoms with van der Waals surface area (Å²) in [7, 11) is 0. The van der Waals surface area contributed by atoms with Crippen molar-refractivity contribution >= 4 is 31.9 Å². The zero-order valence-corrected chi connectivity index (χ0v) is 16.3. The Balaban J connectivity index is 1.69. The Labute approximate surface area is 154 Å². The zero-order valence-electron chi connectivity index (χ0n) is 13.2. The molecular weight excluding hydrogens is 412 g/mol. The average molecular weight is 432 g/mol. The van der Waals surface area contributed by atoms with Crippen molar-refractivity contribution in [2.75, 3.05) is 0 Å². The van der Waals surface area contributed by atoms with Crippen LogP contribution < -0.4 is 0 Å². The van der Waals surface area contributed by atoms with E-state index in [9.17, 15) is 0 Å². The van der Waals surface area contributed by atoms with E-state index in [0.717, 1.165) is 5.92 Å². The molecule has 0 aliphatic heterocycles. The molecule has 118 valence electrons. The number of hydrogen-bond acceptors (Lipinski definition) is 0. The van der Waals surface area contributed by atoms with Gasteiger partial charge in [-0.05, 0) is 83.7 Å². The molecule has 3 aliphatic carbocycles. The summed E-state index contributed by atoms with van der Waals surface area (Å²) in [5.41, 5.74) is 7.97. The maximum atomic E-state index is 3.91. The number of hydrogen-bond donors (Lipinski definition) is 0. The Kier molecular flexibility index (Phi) is 3.33. The summed E-state index contributed by atoms with van der Waals surface area (Å²) in [4.78, 5) is 0. The van der Waals surface area contributed by atoms with Crippen LogP contribution in [-0.4, -0.2) is 0 Å². The molecule has 23 heavy (non-hydrogen) atoms. The number of benzene rings is 2. The van der Waals surface area contributed by atoms with E-state index in [1.54, 1.807) is 16.7 Å². The first-order valence-electron chi connectivity index (χ1n) is 8.83. The standard InChI is InChI=1S/C21H20Br2/c22-14-6-7-15-17-11-16(13-4-2-1-3-5-13)20(23)12-19(17)21(8-9-21)18(15)10-14/h6-7,10-13H,1-5,8-9H2. The van der Waals surface area contributed by atoms with Gasteiger partial charge in [-0.25, -0.2) is 0 Å². The molecule has 2 saturated carbocycles. The molecule has 1 spiro atoms. The van der Waals surface area contributed by atoms with Gasteiger partial charge in [0.2, 0.25) is 0 Å². The maximum Gasteiger partial charge on any atom is 0.0216 e. The van der Waals surface area contributed by atoms with Crippen LogP contribution in [0.2, 0.25) is 0 Å². The van der Waals surface area contributed by atoms with Crippen LogP contribution in [0.25, 0.3) is 11.1 Å². The normalized spacial score (nSPS) is 21.3. The van der Waals surface area contributed by atoms with Gasteiger partial charge in [-0.15, -0.1) is 0 Å². The van der Waals surface area contributed by atoms with Crippen molar-refractivity contribution in [3.8, 4) is 11.1 Å². The minimum absolute atomic E-state index is 0.321. The van der Waals surface area contributed by atoms with Crippen LogP contribution in [0.5, 0.6) is 0 Å². The highest BCUT2D eigenvalue weighted by Gasteiger charge is 2.52. The Bertz CT molecular complexity index is 796. The van der Waals surface area contributed by atoms with Crippen molar-refractivity contribution in [2.24, 2.45) is 0 Å². The lowest BCUT2D eigenvalue weighted by atomic mass is 9.82. The van der Waals surface area contributed by atoms with E-state index in [4.69, 9.17) is 0 Å². The highest BCUT2D eigenvalue weighted by molar-refractivity contribution is 9.10. The molecule has 0 saturated heterocycles. The molecule has 0 atom stereocenters. The molecular formula is C21H20Br2. The number of halogens is 2. The molecule has 0 amide bonds. The molecule has 0 unspecified atom stereocenters. The van der Waals surface area contributed by atoms with Crippen LogP contribution in [0.4, 0.5) is 0 Å². The van der Waals surface area contributed by atoms with Crippen molar-refractivity contribution in [1.82, 2.24) is 0 Å². The van der Waals surface area contributed by atoms with E-state index in [2.05, 4.69) is 62.2 Å². The fourth-order valence-corrected chi connectivity index (χ4v) is 5.92. The van der Waals surface area contributed by atoms with Crippen LogP contribution in [0.15, 0.2) is 39.3 Å². The number of rotatable bonds is 1. The van der Waals surface area contributed by atoms with Gasteiger partial charge in [-0.2, -0.15) is 0 Å². The largest absolute Gasteiger partial charge is 0.0533 e. The molecule has 0 radical (unpaired) electrons. The van der Waals surface area contributed by atoms with Crippen LogP contribution in [-0.2, 0) is 5.41 Å². The highest BCUT2D eigenvalue weighted by atomic mass is 79.9. The predicted octanol–water partition coefficient (Wildman–Crippen LogP) is 7.32. The van der Waals surface area contributed by atoms with Crippen LogP contribution in [0.3, 0.4) is 0 Å². The zero-order chi connectivity index (χ0) is 15.6. The lowest BCUT2D eigenvalue weighted by molar-refractivity contribution is 0.442. The third-order valence-electron chi connectivity index (χ3n) is 6.23. The molecule has 3 aliphatic rings. The highest BCUT2D eigenvalue weighted by Crippen LogP contribution is 2.63. The molecule has 0 bridgehead atoms. The molecule has 2 fully saturated rings. The van der Waals surface area contributed by atoms with Crippen molar-refractivity contribution in [3.05, 3.63) is 56.0 Å². The third-order valence-corrected chi connectivity index (χ3v) is 7.41. The van der Waals surface area contributed by atoms with Gasteiger partial charge in [-0.3, -0.25) is 0 Å². The van der Waals surface area contributed by atoms with Gasteiger partial charge in [0.25, 0.3) is 0 Å². The predicted molar refractivity (Wildman–Crippen MR) is 103 cm³/mol. The molecule has 2 aromatic rings. The van der Waals surface area contributed by atoms with E-state index < -0.39 is 0 Å². The first-order chi connectivity index (χ1) is 11.2. The fourth-order valence-electron chi connectivity index (χ4n) is 4.89. The molecule has 0 N–H and O–H groups in total. The second-order valence-electron chi connectivity index (χ2n) is 7.53. The summed E-state index contributed by atoms with van der Waals surface area (Å²) < 4.78 is 2.56. The first kappa shape index (κ1) is 14.7. The van der Waals surface area contributed by atoms with Gasteiger partial charge < -0.3 is 0 Å². The van der Waals surface area contributed by atoms with Crippen molar-refractivity contribution in [3.63, 3.8) is 0 Å². The quantitative estimate of drug-likeness (QED) is 0.443. The van der Waals surface area contributed by atoms with E-state index in [1.165, 1.54) is 65.0 Å². The van der Waals surface area contributed by atoms with Crippen LogP contribution in [0.1, 0.15) is 67.6 Å². The summed E-state index contributed by atoms with van der Waals surface area (Å²) in [5, 5.41) is 0. The summed E-state index contributed by atoms with van der Waals surface area (Å²) in [6.45, 7) is 0. The molecule has 0 heterocycles. The smallest absolute Gasteiger partial charge is 0.0216 e. The summed E-state index contributed by atoms with van der Waals surface area (Å²) in [6, 6.07) is 11.9. The summed E-state index contributed by atoms with van der Waals surface area (Å²) in [5.74, 6) is 0.748. The van der Waals surface area contributed by atoms with Crippen molar-refractivity contribution < 1.29 is 0 Å². The molecule has 2 aromatic carbocycles. The SMILES string of the molecule is Brc1ccc2c(c1)C1(CC1)c1cc(Br)c(C3CCCCC3)cc1-2. The summed E-state index contributed by atoms with van der Waals surface area (Å²) >= 11 is 7.59. The molecule has 0 nitrogen and oxygen atoms in total. The topological polar surface area (TPSA) is 0 Å². The van der Waals surface area contributed by atoms with Crippen LogP contribution in [0, 0.1) is 0 Å². The summed E-state index contributed by atoms with van der Waals surface area (Å²) in [6.07, 6.45) is 9.52. The molecule has 0 aromatic heterocycles. The van der Waals surface area contributed by atoms with Crippen molar-refractivity contribution in [1.29, 1.82) is 0 Å². The minimum Gasteiger partial charge on any atom is -0.0533 e. The Morgan fingerprint density at radius 1 is 0.826 bits per heavy atom. The van der Waals surface area contributed by atoms with E-state index >= 15 is 0 Å². The van der Waals surface area contributed by atoms with E-state index in [0.29, 0.717) is 5.41 Å². The Hall–Kier alpha value is -0.600. The lowest BCUT2D eigenvalue weighted by Gasteiger charge is -2.24. The van der Waals surface area contributed by atoms with E-state index in [1.807, 2.05) is 0 Å². The average Bonchev–Trinajstić information content (AvgIpc) is 3.33. The second-order valence-corrected chi connectivity index (χ2v) is 9.30. The first-order valence-corrected chi connectivity index (χ1v) is 10.4. The van der Waals surface area contributed by atoms with Gasteiger partial charge in [0.15, 0.2) is 0 Å². The molecule has 2 heteroatoms. The van der Waals surface area contributed by atoms with Gasteiger partial charge in [0.1, 0.15) is 0 Å². The number of fused-ring (bicyclic) bond motifs is 5. The van der Waals surface area contributed by atoms with E-state index in [-0.39, 0.29) is 0 Å². The van der Waals surface area contributed by atoms with Gasteiger partial charge in [0, 0.05) is 14.4 Å². The Morgan fingerprint density at radius 2 is 1.57 bits per heavy atom. The second kappa shape index (κ2) is 5.20. The fraction of sp³-hybridized carbons (Fsp3) is 0.429. The monoisotopic (exact) mass is 430 g/mol. The Morgan fingerprint density at radius 3 is 2.30 bits per heavy atom. The van der Waals surface area contributed by atoms with Gasteiger partial charge in [0.05, 0.1) is 0 Å². The third kappa shape index (κ3) is 2.14. The molecule has 5 rings (SSSR count). The lowest BCUT2D eigenvalue weighted by Crippen LogP contribution is -2.07. The van der Waals surface area contributed by atoms with Gasteiger partial charge >= 0.3 is 0 Å². The minimum atomic E-state index is 0.321. The van der Waals surface area contributed by atoms with Gasteiger partial charge in [-0.1, -0.05) is 57.2 Å². The van der Waals surface area contributed by atoms with Crippen LogP contribution >= 0.6 is 31.9 Å². The maximum absolute atomic E-state index is 3.91. The van der Waals surface area contributed by atoms with Crippen molar-refractivity contribution in [2.45, 2.75) is 56.3 Å².